The molecule has 4 nitrogen and oxygen atoms in total. The lowest BCUT2D eigenvalue weighted by atomic mass is 10.1. The normalized spacial score (nSPS) is 11.9. The average Bonchev–Trinajstić information content (AvgIpc) is 2.22. The Morgan fingerprint density at radius 3 is 2.50 bits per heavy atom. The van der Waals surface area contributed by atoms with E-state index in [0.717, 1.165) is 10.9 Å². The summed E-state index contributed by atoms with van der Waals surface area (Å²) in [5.74, 6) is 0. The molecule has 16 heavy (non-hydrogen) atoms. The van der Waals surface area contributed by atoms with Crippen LogP contribution >= 0.6 is 0 Å². The Morgan fingerprint density at radius 2 is 1.88 bits per heavy atom. The molecule has 0 spiro atoms. The van der Waals surface area contributed by atoms with Crippen molar-refractivity contribution in [1.82, 2.24) is 0 Å². The fraction of sp³-hybridized carbons (Fsp3) is 0.0909. The third kappa shape index (κ3) is 1.75. The number of anilines is 1. The third-order valence-corrected chi connectivity index (χ3v) is 3.40. The van der Waals surface area contributed by atoms with E-state index in [2.05, 4.69) is 0 Å². The van der Waals surface area contributed by atoms with Gasteiger partial charge in [-0.05, 0) is 30.0 Å². The SMILES string of the molecule is Cc1ccc2cc(S(=O)(=O)O)ccc2c1N. The highest BCUT2D eigenvalue weighted by molar-refractivity contribution is 7.85. The molecule has 0 heterocycles. The van der Waals surface area contributed by atoms with Gasteiger partial charge in [0.2, 0.25) is 0 Å². The van der Waals surface area contributed by atoms with E-state index in [1.165, 1.54) is 12.1 Å². The average molecular weight is 237 g/mol. The van der Waals surface area contributed by atoms with Crippen LogP contribution in [0.1, 0.15) is 5.56 Å². The second kappa shape index (κ2) is 3.47. The molecule has 2 aromatic carbocycles. The standard InChI is InChI=1S/C11H11NO3S/c1-7-2-3-8-6-9(16(13,14)15)4-5-10(8)11(7)12/h2-6H,12H2,1H3,(H,13,14,15). The maximum absolute atomic E-state index is 11.0. The van der Waals surface area contributed by atoms with Crippen molar-refractivity contribution in [3.05, 3.63) is 35.9 Å². The van der Waals surface area contributed by atoms with Crippen LogP contribution in [-0.4, -0.2) is 13.0 Å². The monoisotopic (exact) mass is 237 g/mol. The molecule has 0 saturated carbocycles. The van der Waals surface area contributed by atoms with E-state index in [0.29, 0.717) is 11.1 Å². The molecule has 0 saturated heterocycles. The summed E-state index contributed by atoms with van der Waals surface area (Å²) in [6, 6.07) is 7.93. The highest BCUT2D eigenvalue weighted by Crippen LogP contribution is 2.26. The molecule has 3 N–H and O–H groups in total. The van der Waals surface area contributed by atoms with Crippen LogP contribution in [0.15, 0.2) is 35.2 Å². The van der Waals surface area contributed by atoms with Crippen LogP contribution in [0.2, 0.25) is 0 Å². The van der Waals surface area contributed by atoms with E-state index >= 15 is 0 Å². The van der Waals surface area contributed by atoms with Crippen molar-refractivity contribution < 1.29 is 13.0 Å². The number of rotatable bonds is 1. The Labute approximate surface area is 93.4 Å². The van der Waals surface area contributed by atoms with E-state index in [1.54, 1.807) is 12.1 Å². The minimum absolute atomic E-state index is 0.122. The molecule has 0 bridgehead atoms. The molecule has 84 valence electrons. The third-order valence-electron chi connectivity index (χ3n) is 2.55. The summed E-state index contributed by atoms with van der Waals surface area (Å²) < 4.78 is 30.8. The first-order valence-electron chi connectivity index (χ1n) is 4.66. The smallest absolute Gasteiger partial charge is 0.294 e. The van der Waals surface area contributed by atoms with Gasteiger partial charge in [0, 0.05) is 11.1 Å². The summed E-state index contributed by atoms with van der Waals surface area (Å²) in [6.45, 7) is 1.88. The largest absolute Gasteiger partial charge is 0.398 e. The summed E-state index contributed by atoms with van der Waals surface area (Å²) in [5, 5.41) is 1.48. The van der Waals surface area contributed by atoms with Gasteiger partial charge in [0.1, 0.15) is 0 Å². The summed E-state index contributed by atoms with van der Waals surface area (Å²) in [5.41, 5.74) is 7.43. The number of nitrogen functional groups attached to an aromatic ring is 1. The predicted molar refractivity (Wildman–Crippen MR) is 62.9 cm³/mol. The first-order valence-corrected chi connectivity index (χ1v) is 6.10. The maximum atomic E-state index is 11.0. The van der Waals surface area contributed by atoms with Crippen LogP contribution < -0.4 is 5.73 Å². The lowest BCUT2D eigenvalue weighted by molar-refractivity contribution is 0.483. The van der Waals surface area contributed by atoms with Gasteiger partial charge in [-0.25, -0.2) is 0 Å². The number of benzene rings is 2. The number of nitrogens with two attached hydrogens (primary N) is 1. The van der Waals surface area contributed by atoms with Crippen LogP contribution in [0, 0.1) is 6.92 Å². The van der Waals surface area contributed by atoms with Crippen molar-refractivity contribution in [3.63, 3.8) is 0 Å². The van der Waals surface area contributed by atoms with E-state index in [-0.39, 0.29) is 4.90 Å². The highest BCUT2D eigenvalue weighted by Gasteiger charge is 2.10. The quantitative estimate of drug-likeness (QED) is 0.587. The topological polar surface area (TPSA) is 80.4 Å². The minimum Gasteiger partial charge on any atom is -0.398 e. The zero-order valence-corrected chi connectivity index (χ0v) is 9.45. The molecule has 2 rings (SSSR count). The molecule has 0 aromatic heterocycles. The fourth-order valence-electron chi connectivity index (χ4n) is 1.60. The highest BCUT2D eigenvalue weighted by atomic mass is 32.2. The van der Waals surface area contributed by atoms with Crippen LogP contribution in [0.4, 0.5) is 5.69 Å². The van der Waals surface area contributed by atoms with Crippen LogP contribution in [0.3, 0.4) is 0 Å². The molecule has 0 unspecified atom stereocenters. The summed E-state index contributed by atoms with van der Waals surface area (Å²) >= 11 is 0. The molecule has 0 aliphatic heterocycles. The number of aryl methyl sites for hydroxylation is 1. The zero-order valence-electron chi connectivity index (χ0n) is 8.64. The molecule has 0 radical (unpaired) electrons. The molecular weight excluding hydrogens is 226 g/mol. The van der Waals surface area contributed by atoms with Crippen molar-refractivity contribution >= 4 is 26.6 Å². The summed E-state index contributed by atoms with van der Waals surface area (Å²) in [7, 11) is -4.16. The van der Waals surface area contributed by atoms with Crippen molar-refractivity contribution in [2.75, 3.05) is 5.73 Å². The zero-order chi connectivity index (χ0) is 11.9. The van der Waals surface area contributed by atoms with Crippen LogP contribution in [-0.2, 0) is 10.1 Å². The molecule has 0 aliphatic rings. The Hall–Kier alpha value is -1.59. The van der Waals surface area contributed by atoms with Gasteiger partial charge in [0.05, 0.1) is 4.90 Å². The van der Waals surface area contributed by atoms with E-state index in [9.17, 15) is 8.42 Å². The number of fused-ring (bicyclic) bond motifs is 1. The van der Waals surface area contributed by atoms with E-state index < -0.39 is 10.1 Å². The van der Waals surface area contributed by atoms with E-state index in [1.807, 2.05) is 13.0 Å². The van der Waals surface area contributed by atoms with Crippen molar-refractivity contribution in [1.29, 1.82) is 0 Å². The van der Waals surface area contributed by atoms with Gasteiger partial charge in [-0.15, -0.1) is 0 Å². The van der Waals surface area contributed by atoms with Gasteiger partial charge in [0.25, 0.3) is 10.1 Å². The molecule has 0 aliphatic carbocycles. The van der Waals surface area contributed by atoms with E-state index in [4.69, 9.17) is 10.3 Å². The Morgan fingerprint density at radius 1 is 1.19 bits per heavy atom. The molecular formula is C11H11NO3S. The number of hydrogen-bond acceptors (Lipinski definition) is 3. The van der Waals surface area contributed by atoms with Crippen molar-refractivity contribution in [2.24, 2.45) is 0 Å². The van der Waals surface area contributed by atoms with Gasteiger partial charge >= 0.3 is 0 Å². The molecule has 0 atom stereocenters. The van der Waals surface area contributed by atoms with Gasteiger partial charge in [0.15, 0.2) is 0 Å². The first kappa shape index (κ1) is 10.9. The molecule has 2 aromatic rings. The lowest BCUT2D eigenvalue weighted by Crippen LogP contribution is -1.98. The lowest BCUT2D eigenvalue weighted by Gasteiger charge is -2.06. The second-order valence-electron chi connectivity index (χ2n) is 3.65. The van der Waals surface area contributed by atoms with Gasteiger partial charge in [-0.1, -0.05) is 18.2 Å². The maximum Gasteiger partial charge on any atom is 0.294 e. The Bertz CT molecular complexity index is 662. The van der Waals surface area contributed by atoms with Gasteiger partial charge in [-0.2, -0.15) is 8.42 Å². The second-order valence-corrected chi connectivity index (χ2v) is 5.08. The van der Waals surface area contributed by atoms with Crippen LogP contribution in [0.5, 0.6) is 0 Å². The number of hydrogen-bond donors (Lipinski definition) is 2. The van der Waals surface area contributed by atoms with Crippen molar-refractivity contribution in [2.45, 2.75) is 11.8 Å². The summed E-state index contributed by atoms with van der Waals surface area (Å²) in [6.07, 6.45) is 0. The van der Waals surface area contributed by atoms with Gasteiger partial charge in [-0.3, -0.25) is 4.55 Å². The summed E-state index contributed by atoms with van der Waals surface area (Å²) in [4.78, 5) is -0.122. The van der Waals surface area contributed by atoms with Gasteiger partial charge < -0.3 is 5.73 Å². The van der Waals surface area contributed by atoms with Crippen molar-refractivity contribution in [3.8, 4) is 0 Å². The molecule has 5 heteroatoms. The Balaban J connectivity index is 2.80. The molecule has 0 amide bonds. The fourth-order valence-corrected chi connectivity index (χ4v) is 2.12. The predicted octanol–water partition coefficient (Wildman–Crippen LogP) is 1.98. The first-order chi connectivity index (χ1) is 7.39. The minimum atomic E-state index is -4.16. The Kier molecular flexibility index (Phi) is 2.36. The molecule has 0 fully saturated rings. The van der Waals surface area contributed by atoms with Crippen LogP contribution in [0.25, 0.3) is 10.8 Å².